The van der Waals surface area contributed by atoms with Crippen LogP contribution in [-0.2, 0) is 6.54 Å². The minimum atomic E-state index is -0.131. The van der Waals surface area contributed by atoms with Crippen molar-refractivity contribution in [2.75, 3.05) is 51.3 Å². The number of methoxy groups -OCH3 is 1. The van der Waals surface area contributed by atoms with Gasteiger partial charge in [-0.1, -0.05) is 30.3 Å². The van der Waals surface area contributed by atoms with Crippen molar-refractivity contribution >= 4 is 11.7 Å². The fourth-order valence-corrected chi connectivity index (χ4v) is 3.18. The van der Waals surface area contributed by atoms with E-state index in [2.05, 4.69) is 44.7 Å². The average molecular weight is 368 g/mol. The summed E-state index contributed by atoms with van der Waals surface area (Å²) in [6.07, 6.45) is 0. The van der Waals surface area contributed by atoms with Crippen molar-refractivity contribution in [1.82, 2.24) is 15.5 Å². The molecule has 1 fully saturated rings. The molecule has 1 saturated heterocycles. The van der Waals surface area contributed by atoms with Crippen molar-refractivity contribution < 1.29 is 9.53 Å². The third kappa shape index (κ3) is 5.89. The highest BCUT2D eigenvalue weighted by molar-refractivity contribution is 5.73. The minimum Gasteiger partial charge on any atom is -0.497 e. The number of ether oxygens (including phenoxy) is 1. The van der Waals surface area contributed by atoms with Crippen molar-refractivity contribution in [2.24, 2.45) is 0 Å². The Morgan fingerprint density at radius 2 is 1.67 bits per heavy atom. The summed E-state index contributed by atoms with van der Waals surface area (Å²) in [5, 5.41) is 5.82. The molecule has 3 rings (SSSR count). The van der Waals surface area contributed by atoms with Gasteiger partial charge in [-0.15, -0.1) is 0 Å². The SMILES string of the molecule is COc1ccc(CNC(=O)NCCN2CCN(c3ccccc3)CC2)cc1. The van der Waals surface area contributed by atoms with E-state index < -0.39 is 0 Å². The van der Waals surface area contributed by atoms with Gasteiger partial charge in [0, 0.05) is 51.5 Å². The van der Waals surface area contributed by atoms with Gasteiger partial charge in [-0.05, 0) is 29.8 Å². The molecule has 2 aromatic rings. The highest BCUT2D eigenvalue weighted by Gasteiger charge is 2.16. The number of amides is 2. The van der Waals surface area contributed by atoms with E-state index in [0.29, 0.717) is 13.1 Å². The van der Waals surface area contributed by atoms with Gasteiger partial charge in [-0.3, -0.25) is 4.90 Å². The van der Waals surface area contributed by atoms with Gasteiger partial charge in [0.1, 0.15) is 5.75 Å². The van der Waals surface area contributed by atoms with Crippen LogP contribution in [-0.4, -0.2) is 57.3 Å². The predicted octanol–water partition coefficient (Wildman–Crippen LogP) is 2.32. The molecule has 144 valence electrons. The zero-order chi connectivity index (χ0) is 18.9. The van der Waals surface area contributed by atoms with E-state index in [1.165, 1.54) is 5.69 Å². The molecule has 1 heterocycles. The zero-order valence-electron chi connectivity index (χ0n) is 15.9. The first kappa shape index (κ1) is 19.0. The molecule has 0 saturated carbocycles. The van der Waals surface area contributed by atoms with Gasteiger partial charge in [0.15, 0.2) is 0 Å². The van der Waals surface area contributed by atoms with Gasteiger partial charge in [-0.25, -0.2) is 4.79 Å². The molecular weight excluding hydrogens is 340 g/mol. The van der Waals surface area contributed by atoms with Crippen LogP contribution in [0.5, 0.6) is 5.75 Å². The molecule has 0 unspecified atom stereocenters. The lowest BCUT2D eigenvalue weighted by atomic mass is 10.2. The maximum Gasteiger partial charge on any atom is 0.315 e. The van der Waals surface area contributed by atoms with E-state index in [0.717, 1.165) is 44.0 Å². The number of urea groups is 1. The number of anilines is 1. The van der Waals surface area contributed by atoms with Crippen molar-refractivity contribution in [1.29, 1.82) is 0 Å². The maximum absolute atomic E-state index is 11.9. The number of carbonyl (C=O) groups is 1. The Hall–Kier alpha value is -2.73. The number of hydrogen-bond acceptors (Lipinski definition) is 4. The number of piperazine rings is 1. The fraction of sp³-hybridized carbons (Fsp3) is 0.381. The van der Waals surface area contributed by atoms with Gasteiger partial charge in [0.05, 0.1) is 7.11 Å². The molecule has 2 aromatic carbocycles. The Labute approximate surface area is 161 Å². The van der Waals surface area contributed by atoms with E-state index >= 15 is 0 Å². The molecular formula is C21H28N4O2. The number of nitrogens with zero attached hydrogens (tertiary/aromatic N) is 2. The van der Waals surface area contributed by atoms with Gasteiger partial charge in [0.25, 0.3) is 0 Å². The van der Waals surface area contributed by atoms with Crippen molar-refractivity contribution in [3.63, 3.8) is 0 Å². The van der Waals surface area contributed by atoms with E-state index in [9.17, 15) is 4.79 Å². The van der Waals surface area contributed by atoms with Crippen LogP contribution in [0.1, 0.15) is 5.56 Å². The Balaban J connectivity index is 1.30. The molecule has 0 radical (unpaired) electrons. The third-order valence-electron chi connectivity index (χ3n) is 4.82. The normalized spacial score (nSPS) is 14.6. The van der Waals surface area contributed by atoms with E-state index in [1.807, 2.05) is 30.3 Å². The molecule has 2 amide bonds. The quantitative estimate of drug-likeness (QED) is 0.788. The Bertz CT molecular complexity index is 698. The number of hydrogen-bond donors (Lipinski definition) is 2. The van der Waals surface area contributed by atoms with Crippen LogP contribution in [0.15, 0.2) is 54.6 Å². The van der Waals surface area contributed by atoms with Gasteiger partial charge >= 0.3 is 6.03 Å². The lowest BCUT2D eigenvalue weighted by molar-refractivity contribution is 0.231. The van der Waals surface area contributed by atoms with Crippen LogP contribution in [0.2, 0.25) is 0 Å². The fourth-order valence-electron chi connectivity index (χ4n) is 3.18. The highest BCUT2D eigenvalue weighted by atomic mass is 16.5. The predicted molar refractivity (Wildman–Crippen MR) is 108 cm³/mol. The first-order valence-corrected chi connectivity index (χ1v) is 9.41. The summed E-state index contributed by atoms with van der Waals surface area (Å²) in [4.78, 5) is 16.7. The summed E-state index contributed by atoms with van der Waals surface area (Å²) < 4.78 is 5.13. The Kier molecular flexibility index (Phi) is 6.93. The Morgan fingerprint density at radius 3 is 2.33 bits per heavy atom. The molecule has 6 heteroatoms. The van der Waals surface area contributed by atoms with Crippen molar-refractivity contribution in [3.8, 4) is 5.75 Å². The third-order valence-corrected chi connectivity index (χ3v) is 4.82. The molecule has 0 atom stereocenters. The molecule has 1 aliphatic rings. The lowest BCUT2D eigenvalue weighted by Gasteiger charge is -2.36. The van der Waals surface area contributed by atoms with E-state index in [4.69, 9.17) is 4.74 Å². The van der Waals surface area contributed by atoms with Gasteiger partial charge in [0.2, 0.25) is 0 Å². The number of nitrogens with one attached hydrogen (secondary N) is 2. The van der Waals surface area contributed by atoms with Crippen LogP contribution >= 0.6 is 0 Å². The maximum atomic E-state index is 11.9. The second kappa shape index (κ2) is 9.83. The van der Waals surface area contributed by atoms with Crippen LogP contribution < -0.4 is 20.3 Å². The van der Waals surface area contributed by atoms with E-state index in [-0.39, 0.29) is 6.03 Å². The van der Waals surface area contributed by atoms with Crippen molar-refractivity contribution in [3.05, 3.63) is 60.2 Å². The number of carbonyl (C=O) groups excluding carboxylic acids is 1. The van der Waals surface area contributed by atoms with Crippen LogP contribution in [0.3, 0.4) is 0 Å². The molecule has 0 aliphatic carbocycles. The number of benzene rings is 2. The topological polar surface area (TPSA) is 56.8 Å². The molecule has 27 heavy (non-hydrogen) atoms. The summed E-state index contributed by atoms with van der Waals surface area (Å²) in [5.41, 5.74) is 2.33. The zero-order valence-corrected chi connectivity index (χ0v) is 15.9. The smallest absolute Gasteiger partial charge is 0.315 e. The average Bonchev–Trinajstić information content (AvgIpc) is 2.74. The van der Waals surface area contributed by atoms with Crippen LogP contribution in [0.4, 0.5) is 10.5 Å². The summed E-state index contributed by atoms with van der Waals surface area (Å²) in [6, 6.07) is 18.1. The van der Waals surface area contributed by atoms with Crippen LogP contribution in [0.25, 0.3) is 0 Å². The first-order valence-electron chi connectivity index (χ1n) is 9.41. The first-order chi connectivity index (χ1) is 13.2. The molecule has 1 aliphatic heterocycles. The van der Waals surface area contributed by atoms with Crippen LogP contribution in [0, 0.1) is 0 Å². The standard InChI is InChI=1S/C21H28N4O2/c1-27-20-9-7-18(8-10-20)17-23-21(26)22-11-12-24-13-15-25(16-14-24)19-5-3-2-4-6-19/h2-10H,11-17H2,1H3,(H2,22,23,26). The molecule has 6 nitrogen and oxygen atoms in total. The number of rotatable bonds is 7. The van der Waals surface area contributed by atoms with Gasteiger partial charge in [-0.2, -0.15) is 0 Å². The van der Waals surface area contributed by atoms with Crippen molar-refractivity contribution in [2.45, 2.75) is 6.54 Å². The summed E-state index contributed by atoms with van der Waals surface area (Å²) in [5.74, 6) is 0.815. The highest BCUT2D eigenvalue weighted by Crippen LogP contribution is 2.15. The Morgan fingerprint density at radius 1 is 0.963 bits per heavy atom. The monoisotopic (exact) mass is 368 g/mol. The summed E-state index contributed by atoms with van der Waals surface area (Å²) in [7, 11) is 1.64. The number of para-hydroxylation sites is 1. The molecule has 0 bridgehead atoms. The molecule has 0 aromatic heterocycles. The molecule has 2 N–H and O–H groups in total. The second-order valence-corrected chi connectivity index (χ2v) is 6.62. The minimum absolute atomic E-state index is 0.131. The van der Waals surface area contributed by atoms with Gasteiger partial charge < -0.3 is 20.3 Å². The summed E-state index contributed by atoms with van der Waals surface area (Å²) in [6.45, 7) is 6.11. The second-order valence-electron chi connectivity index (χ2n) is 6.62. The summed E-state index contributed by atoms with van der Waals surface area (Å²) >= 11 is 0. The largest absolute Gasteiger partial charge is 0.497 e. The lowest BCUT2D eigenvalue weighted by Crippen LogP contribution is -2.49. The molecule has 0 spiro atoms. The van der Waals surface area contributed by atoms with E-state index in [1.54, 1.807) is 7.11 Å².